The van der Waals surface area contributed by atoms with Gasteiger partial charge in [0, 0.05) is 16.8 Å². The minimum Gasteiger partial charge on any atom is -0.322 e. The molecule has 0 fully saturated rings. The highest BCUT2D eigenvalue weighted by molar-refractivity contribution is 6.07. The van der Waals surface area contributed by atoms with Crippen LogP contribution in [0.5, 0.6) is 0 Å². The van der Waals surface area contributed by atoms with Crippen LogP contribution in [-0.2, 0) is 0 Å². The number of allylic oxidation sites excluding steroid dienone is 1. The topological polar surface area (TPSA) is 46.2 Å². The molecule has 1 amide bonds. The predicted octanol–water partition coefficient (Wildman–Crippen LogP) is 4.84. The summed E-state index contributed by atoms with van der Waals surface area (Å²) in [5.41, 5.74) is 2.79. The second-order valence-electron chi connectivity index (χ2n) is 5.51. The molecule has 0 aliphatic heterocycles. The van der Waals surface area contributed by atoms with E-state index in [0.29, 0.717) is 16.8 Å². The number of hydrogen-bond acceptors (Lipinski definition) is 2. The number of anilines is 1. The maximum Gasteiger partial charge on any atom is 0.255 e. The van der Waals surface area contributed by atoms with Gasteiger partial charge < -0.3 is 5.32 Å². The van der Waals surface area contributed by atoms with Crippen molar-refractivity contribution in [2.45, 2.75) is 0 Å². The fourth-order valence-corrected chi connectivity index (χ4v) is 2.34. The van der Waals surface area contributed by atoms with Gasteiger partial charge in [0.1, 0.15) is 0 Å². The van der Waals surface area contributed by atoms with Gasteiger partial charge >= 0.3 is 0 Å². The van der Waals surface area contributed by atoms with Gasteiger partial charge in [-0.2, -0.15) is 0 Å². The third-order valence-corrected chi connectivity index (χ3v) is 3.69. The molecule has 0 aromatic heterocycles. The Hall–Kier alpha value is -3.46. The van der Waals surface area contributed by atoms with Crippen LogP contribution in [0.1, 0.15) is 26.3 Å². The van der Waals surface area contributed by atoms with Crippen molar-refractivity contribution < 1.29 is 9.59 Å². The highest BCUT2D eigenvalue weighted by Gasteiger charge is 2.06. The van der Waals surface area contributed by atoms with E-state index >= 15 is 0 Å². The van der Waals surface area contributed by atoms with Gasteiger partial charge in [0.15, 0.2) is 5.78 Å². The summed E-state index contributed by atoms with van der Waals surface area (Å²) in [5, 5.41) is 2.81. The van der Waals surface area contributed by atoms with Gasteiger partial charge in [-0.1, -0.05) is 54.6 Å². The summed E-state index contributed by atoms with van der Waals surface area (Å²) in [4.78, 5) is 24.3. The second-order valence-corrected chi connectivity index (χ2v) is 5.51. The summed E-state index contributed by atoms with van der Waals surface area (Å²) in [5.74, 6) is -0.256. The normalized spacial score (nSPS) is 10.6. The monoisotopic (exact) mass is 327 g/mol. The maximum absolute atomic E-state index is 12.2. The van der Waals surface area contributed by atoms with E-state index in [0.717, 1.165) is 5.56 Å². The van der Waals surface area contributed by atoms with E-state index in [4.69, 9.17) is 0 Å². The van der Waals surface area contributed by atoms with E-state index in [1.807, 2.05) is 48.5 Å². The van der Waals surface area contributed by atoms with Crippen LogP contribution < -0.4 is 5.32 Å². The first-order chi connectivity index (χ1) is 12.2. The first-order valence-electron chi connectivity index (χ1n) is 7.96. The van der Waals surface area contributed by atoms with E-state index in [1.54, 1.807) is 48.6 Å². The number of carbonyl (C=O) groups excluding carboxylic acids is 2. The largest absolute Gasteiger partial charge is 0.322 e. The van der Waals surface area contributed by atoms with Crippen molar-refractivity contribution in [3.8, 4) is 0 Å². The molecule has 0 spiro atoms. The first kappa shape index (κ1) is 16.4. The van der Waals surface area contributed by atoms with Crippen LogP contribution in [0.4, 0.5) is 5.69 Å². The minimum atomic E-state index is -0.177. The first-order valence-corrected chi connectivity index (χ1v) is 7.96. The highest BCUT2D eigenvalue weighted by Crippen LogP contribution is 2.13. The Morgan fingerprint density at radius 2 is 1.28 bits per heavy atom. The van der Waals surface area contributed by atoms with Gasteiger partial charge in [0.2, 0.25) is 0 Å². The van der Waals surface area contributed by atoms with E-state index in [2.05, 4.69) is 5.32 Å². The van der Waals surface area contributed by atoms with Crippen LogP contribution in [-0.4, -0.2) is 11.7 Å². The third-order valence-electron chi connectivity index (χ3n) is 3.69. The molecule has 0 bridgehead atoms. The van der Waals surface area contributed by atoms with Gasteiger partial charge in [-0.05, 0) is 48.0 Å². The highest BCUT2D eigenvalue weighted by atomic mass is 16.1. The molecule has 3 aromatic rings. The van der Waals surface area contributed by atoms with Crippen molar-refractivity contribution in [2.75, 3.05) is 5.32 Å². The van der Waals surface area contributed by atoms with E-state index in [9.17, 15) is 9.59 Å². The molecule has 3 nitrogen and oxygen atoms in total. The molecule has 0 saturated heterocycles. The van der Waals surface area contributed by atoms with Crippen LogP contribution in [0.15, 0.2) is 91.0 Å². The molecule has 3 heteroatoms. The number of amides is 1. The van der Waals surface area contributed by atoms with Crippen LogP contribution in [0.3, 0.4) is 0 Å². The lowest BCUT2D eigenvalue weighted by Crippen LogP contribution is -2.11. The Balaban J connectivity index is 1.65. The summed E-state index contributed by atoms with van der Waals surface area (Å²) in [6.45, 7) is 0. The van der Waals surface area contributed by atoms with Crippen LogP contribution in [0.25, 0.3) is 6.08 Å². The average Bonchev–Trinajstić information content (AvgIpc) is 2.68. The average molecular weight is 327 g/mol. The molecule has 0 saturated carbocycles. The van der Waals surface area contributed by atoms with Gasteiger partial charge in [-0.15, -0.1) is 0 Å². The summed E-state index contributed by atoms with van der Waals surface area (Å²) >= 11 is 0. The SMILES string of the molecule is O=C(/C=C/c1ccccc1)c1ccc(NC(=O)c2ccccc2)cc1. The van der Waals surface area contributed by atoms with E-state index in [-0.39, 0.29) is 11.7 Å². The molecule has 3 rings (SSSR count). The van der Waals surface area contributed by atoms with Gasteiger partial charge in [0.05, 0.1) is 0 Å². The molecule has 0 heterocycles. The van der Waals surface area contributed by atoms with Crippen molar-refractivity contribution in [3.63, 3.8) is 0 Å². The van der Waals surface area contributed by atoms with E-state index < -0.39 is 0 Å². The minimum absolute atomic E-state index is 0.0789. The molecule has 0 aliphatic carbocycles. The zero-order chi connectivity index (χ0) is 17.5. The Kier molecular flexibility index (Phi) is 5.17. The molecular formula is C22H17NO2. The van der Waals surface area contributed by atoms with Gasteiger partial charge in [0.25, 0.3) is 5.91 Å². The van der Waals surface area contributed by atoms with Crippen molar-refractivity contribution in [1.82, 2.24) is 0 Å². The standard InChI is InChI=1S/C22H17NO2/c24-21(16-11-17-7-3-1-4-8-17)18-12-14-20(15-13-18)23-22(25)19-9-5-2-6-10-19/h1-16H,(H,23,25)/b16-11+. The Bertz CT molecular complexity index is 882. The summed E-state index contributed by atoms with van der Waals surface area (Å²) in [6.07, 6.45) is 3.33. The number of carbonyl (C=O) groups is 2. The Labute approximate surface area is 146 Å². The van der Waals surface area contributed by atoms with E-state index in [1.165, 1.54) is 0 Å². The van der Waals surface area contributed by atoms with Gasteiger partial charge in [-0.25, -0.2) is 0 Å². The smallest absolute Gasteiger partial charge is 0.255 e. The van der Waals surface area contributed by atoms with Crippen molar-refractivity contribution in [1.29, 1.82) is 0 Å². The van der Waals surface area contributed by atoms with Crippen molar-refractivity contribution >= 4 is 23.5 Å². The van der Waals surface area contributed by atoms with Gasteiger partial charge in [-0.3, -0.25) is 9.59 Å². The van der Waals surface area contributed by atoms with Crippen molar-refractivity contribution in [3.05, 3.63) is 108 Å². The summed E-state index contributed by atoms with van der Waals surface area (Å²) in [7, 11) is 0. The Morgan fingerprint density at radius 3 is 1.92 bits per heavy atom. The molecule has 25 heavy (non-hydrogen) atoms. The van der Waals surface area contributed by atoms with Crippen molar-refractivity contribution in [2.24, 2.45) is 0 Å². The predicted molar refractivity (Wildman–Crippen MR) is 101 cm³/mol. The zero-order valence-corrected chi connectivity index (χ0v) is 13.6. The zero-order valence-electron chi connectivity index (χ0n) is 13.6. The molecule has 122 valence electrons. The molecule has 0 radical (unpaired) electrons. The maximum atomic E-state index is 12.2. The van der Waals surface area contributed by atoms with Crippen LogP contribution >= 0.6 is 0 Å². The number of rotatable bonds is 5. The number of hydrogen-bond donors (Lipinski definition) is 1. The fraction of sp³-hybridized carbons (Fsp3) is 0. The number of benzene rings is 3. The van der Waals surface area contributed by atoms with Crippen LogP contribution in [0, 0.1) is 0 Å². The lowest BCUT2D eigenvalue weighted by molar-refractivity contribution is 0.102. The summed E-state index contributed by atoms with van der Waals surface area (Å²) in [6, 6.07) is 25.5. The molecule has 3 aromatic carbocycles. The lowest BCUT2D eigenvalue weighted by atomic mass is 10.1. The molecule has 0 aliphatic rings. The molecular weight excluding hydrogens is 310 g/mol. The molecule has 0 atom stereocenters. The van der Waals surface area contributed by atoms with Crippen LogP contribution in [0.2, 0.25) is 0 Å². The lowest BCUT2D eigenvalue weighted by Gasteiger charge is -2.05. The third kappa shape index (κ3) is 4.52. The quantitative estimate of drug-likeness (QED) is 0.538. The summed E-state index contributed by atoms with van der Waals surface area (Å²) < 4.78 is 0. The Morgan fingerprint density at radius 1 is 0.680 bits per heavy atom. The molecule has 0 unspecified atom stereocenters. The second kappa shape index (κ2) is 7.88. The molecule has 1 N–H and O–H groups in total. The number of nitrogens with one attached hydrogen (secondary N) is 1. The fourth-order valence-electron chi connectivity index (χ4n) is 2.34. The number of ketones is 1.